The number of amides is 3. The van der Waals surface area contributed by atoms with Crippen molar-refractivity contribution in [3.8, 4) is 0 Å². The molecular formula is C16H27N3O5. The lowest BCUT2D eigenvalue weighted by Crippen LogP contribution is -2.52. The summed E-state index contributed by atoms with van der Waals surface area (Å²) in [6.07, 6.45) is 3.05. The molecule has 0 aliphatic heterocycles. The number of ether oxygens (including phenoxy) is 1. The molecule has 0 saturated heterocycles. The van der Waals surface area contributed by atoms with Gasteiger partial charge >= 0.3 is 5.97 Å². The number of hydrogen-bond donors (Lipinski definition) is 3. The van der Waals surface area contributed by atoms with Gasteiger partial charge in [0.25, 0.3) is 0 Å². The summed E-state index contributed by atoms with van der Waals surface area (Å²) in [6.45, 7) is 7.06. The van der Waals surface area contributed by atoms with E-state index in [1.807, 2.05) is 13.8 Å². The van der Waals surface area contributed by atoms with Gasteiger partial charge in [-0.3, -0.25) is 14.4 Å². The van der Waals surface area contributed by atoms with Crippen LogP contribution in [0, 0.1) is 5.92 Å². The van der Waals surface area contributed by atoms with Crippen LogP contribution in [-0.2, 0) is 23.9 Å². The van der Waals surface area contributed by atoms with Crippen LogP contribution < -0.4 is 16.4 Å². The first kappa shape index (κ1) is 21.6. The second kappa shape index (κ2) is 11.2. The largest absolute Gasteiger partial charge is 0.463 e. The number of esters is 1. The average Bonchev–Trinajstić information content (AvgIpc) is 2.44. The third-order valence-electron chi connectivity index (χ3n) is 2.97. The molecule has 0 aromatic rings. The maximum absolute atomic E-state index is 12.3. The SMILES string of the molecule is CCOC(=O)/C=C/C[C@H](NC(=O)[C@H](CC(C)C)NC(C)=O)C(N)=O. The van der Waals surface area contributed by atoms with Crippen molar-refractivity contribution in [2.75, 3.05) is 6.61 Å². The van der Waals surface area contributed by atoms with Gasteiger partial charge in [0, 0.05) is 13.0 Å². The van der Waals surface area contributed by atoms with Crippen LogP contribution in [0.4, 0.5) is 0 Å². The van der Waals surface area contributed by atoms with Gasteiger partial charge in [-0.05, 0) is 25.7 Å². The van der Waals surface area contributed by atoms with Gasteiger partial charge in [0.1, 0.15) is 12.1 Å². The summed E-state index contributed by atoms with van der Waals surface area (Å²) in [4.78, 5) is 46.2. The molecule has 2 atom stereocenters. The third kappa shape index (κ3) is 9.60. The number of nitrogens with one attached hydrogen (secondary N) is 2. The zero-order chi connectivity index (χ0) is 18.7. The molecule has 0 spiro atoms. The third-order valence-corrected chi connectivity index (χ3v) is 2.97. The van der Waals surface area contributed by atoms with Gasteiger partial charge in [-0.25, -0.2) is 4.79 Å². The fourth-order valence-corrected chi connectivity index (χ4v) is 1.96. The average molecular weight is 341 g/mol. The van der Waals surface area contributed by atoms with Crippen molar-refractivity contribution in [3.05, 3.63) is 12.2 Å². The highest BCUT2D eigenvalue weighted by Gasteiger charge is 2.25. The van der Waals surface area contributed by atoms with E-state index in [4.69, 9.17) is 10.5 Å². The molecule has 0 aliphatic rings. The normalized spacial score (nSPS) is 13.4. The maximum Gasteiger partial charge on any atom is 0.330 e. The summed E-state index contributed by atoms with van der Waals surface area (Å²) in [5.74, 6) is -1.94. The van der Waals surface area contributed by atoms with E-state index >= 15 is 0 Å². The van der Waals surface area contributed by atoms with Crippen LogP contribution in [0.3, 0.4) is 0 Å². The van der Waals surface area contributed by atoms with Crippen LogP contribution in [0.25, 0.3) is 0 Å². The molecule has 0 rings (SSSR count). The molecular weight excluding hydrogens is 314 g/mol. The summed E-state index contributed by atoms with van der Waals surface area (Å²) in [5.41, 5.74) is 5.27. The summed E-state index contributed by atoms with van der Waals surface area (Å²) in [6, 6.07) is -1.73. The number of rotatable bonds is 10. The lowest BCUT2D eigenvalue weighted by Gasteiger charge is -2.22. The van der Waals surface area contributed by atoms with Crippen molar-refractivity contribution in [1.29, 1.82) is 0 Å². The van der Waals surface area contributed by atoms with Gasteiger partial charge < -0.3 is 21.1 Å². The highest BCUT2D eigenvalue weighted by atomic mass is 16.5. The Labute approximate surface area is 142 Å². The molecule has 0 fully saturated rings. The quantitative estimate of drug-likeness (QED) is 0.381. The van der Waals surface area contributed by atoms with Gasteiger partial charge in [-0.1, -0.05) is 19.9 Å². The molecule has 0 radical (unpaired) electrons. The molecule has 0 bridgehead atoms. The van der Waals surface area contributed by atoms with E-state index in [1.165, 1.54) is 19.1 Å². The Kier molecular flexibility index (Phi) is 10.1. The molecule has 0 saturated carbocycles. The van der Waals surface area contributed by atoms with Crippen LogP contribution in [0.1, 0.15) is 40.5 Å². The Bertz CT molecular complexity index is 488. The summed E-state index contributed by atoms with van der Waals surface area (Å²) >= 11 is 0. The van der Waals surface area contributed by atoms with Crippen molar-refractivity contribution in [2.45, 2.75) is 52.6 Å². The smallest absolute Gasteiger partial charge is 0.330 e. The Morgan fingerprint density at radius 2 is 1.75 bits per heavy atom. The number of hydrogen-bond acceptors (Lipinski definition) is 5. The highest BCUT2D eigenvalue weighted by Crippen LogP contribution is 2.06. The molecule has 0 aliphatic carbocycles. The molecule has 0 aromatic carbocycles. The standard InChI is InChI=1S/C16H27N3O5/c1-5-24-14(21)8-6-7-12(15(17)22)19-16(23)13(9-10(2)3)18-11(4)20/h6,8,10,12-13H,5,7,9H2,1-4H3,(H2,17,22)(H,18,20)(H,19,23)/b8-6+/t12-,13-/m0/s1. The van der Waals surface area contributed by atoms with Crippen molar-refractivity contribution in [2.24, 2.45) is 11.7 Å². The predicted molar refractivity (Wildman–Crippen MR) is 88.6 cm³/mol. The Morgan fingerprint density at radius 3 is 2.21 bits per heavy atom. The van der Waals surface area contributed by atoms with Gasteiger partial charge in [0.15, 0.2) is 0 Å². The fourth-order valence-electron chi connectivity index (χ4n) is 1.96. The number of nitrogens with two attached hydrogens (primary N) is 1. The number of carbonyl (C=O) groups is 4. The zero-order valence-electron chi connectivity index (χ0n) is 14.6. The van der Waals surface area contributed by atoms with E-state index in [2.05, 4.69) is 10.6 Å². The lowest BCUT2D eigenvalue weighted by molar-refractivity contribution is -0.137. The monoisotopic (exact) mass is 341 g/mol. The van der Waals surface area contributed by atoms with Crippen molar-refractivity contribution >= 4 is 23.7 Å². The van der Waals surface area contributed by atoms with Gasteiger partial charge in [-0.2, -0.15) is 0 Å². The maximum atomic E-state index is 12.3. The first-order valence-electron chi connectivity index (χ1n) is 7.87. The minimum Gasteiger partial charge on any atom is -0.463 e. The van der Waals surface area contributed by atoms with E-state index in [0.29, 0.717) is 6.42 Å². The predicted octanol–water partition coefficient (Wildman–Crippen LogP) is 0.0167. The number of primary amides is 1. The van der Waals surface area contributed by atoms with E-state index in [0.717, 1.165) is 0 Å². The second-order valence-electron chi connectivity index (χ2n) is 5.74. The Balaban J connectivity index is 4.82. The van der Waals surface area contributed by atoms with Crippen LogP contribution in [0.2, 0.25) is 0 Å². The summed E-state index contributed by atoms with van der Waals surface area (Å²) in [5, 5.41) is 5.05. The van der Waals surface area contributed by atoms with Crippen LogP contribution >= 0.6 is 0 Å². The minimum absolute atomic E-state index is 0.0500. The summed E-state index contributed by atoms with van der Waals surface area (Å²) in [7, 11) is 0. The Morgan fingerprint density at radius 1 is 1.12 bits per heavy atom. The summed E-state index contributed by atoms with van der Waals surface area (Å²) < 4.78 is 4.71. The molecule has 24 heavy (non-hydrogen) atoms. The molecule has 8 nitrogen and oxygen atoms in total. The molecule has 0 heterocycles. The van der Waals surface area contributed by atoms with E-state index in [1.54, 1.807) is 6.92 Å². The fraction of sp³-hybridized carbons (Fsp3) is 0.625. The molecule has 8 heteroatoms. The van der Waals surface area contributed by atoms with Crippen LogP contribution in [0.15, 0.2) is 12.2 Å². The lowest BCUT2D eigenvalue weighted by atomic mass is 10.0. The van der Waals surface area contributed by atoms with Gasteiger partial charge in [0.05, 0.1) is 6.61 Å². The molecule has 0 aromatic heterocycles. The van der Waals surface area contributed by atoms with Crippen molar-refractivity contribution in [3.63, 3.8) is 0 Å². The van der Waals surface area contributed by atoms with E-state index in [9.17, 15) is 19.2 Å². The topological polar surface area (TPSA) is 128 Å². The van der Waals surface area contributed by atoms with E-state index < -0.39 is 29.9 Å². The van der Waals surface area contributed by atoms with Crippen molar-refractivity contribution in [1.82, 2.24) is 10.6 Å². The van der Waals surface area contributed by atoms with Gasteiger partial charge in [-0.15, -0.1) is 0 Å². The van der Waals surface area contributed by atoms with Crippen LogP contribution in [0.5, 0.6) is 0 Å². The molecule has 136 valence electrons. The first-order valence-corrected chi connectivity index (χ1v) is 7.87. The molecule has 4 N–H and O–H groups in total. The highest BCUT2D eigenvalue weighted by molar-refractivity contribution is 5.91. The minimum atomic E-state index is -0.980. The van der Waals surface area contributed by atoms with Crippen LogP contribution in [-0.4, -0.2) is 42.4 Å². The second-order valence-corrected chi connectivity index (χ2v) is 5.74. The zero-order valence-corrected chi connectivity index (χ0v) is 14.6. The van der Waals surface area contributed by atoms with Gasteiger partial charge in [0.2, 0.25) is 17.7 Å². The van der Waals surface area contributed by atoms with Crippen molar-refractivity contribution < 1.29 is 23.9 Å². The number of carbonyl (C=O) groups excluding carboxylic acids is 4. The first-order chi connectivity index (χ1) is 11.2. The Hall–Kier alpha value is -2.38. The molecule has 0 unspecified atom stereocenters. The van der Waals surface area contributed by atoms with E-state index in [-0.39, 0.29) is 24.9 Å². The molecule has 3 amide bonds.